The van der Waals surface area contributed by atoms with Crippen molar-refractivity contribution < 1.29 is 31.8 Å². The van der Waals surface area contributed by atoms with Gasteiger partial charge in [0.15, 0.2) is 11.5 Å². The van der Waals surface area contributed by atoms with E-state index in [0.29, 0.717) is 62.0 Å². The first kappa shape index (κ1) is 27.5. The van der Waals surface area contributed by atoms with Crippen LogP contribution in [0.3, 0.4) is 0 Å². The molecule has 0 saturated heterocycles. The van der Waals surface area contributed by atoms with Gasteiger partial charge in [-0.2, -0.15) is 13.1 Å². The maximum atomic E-state index is 13.2. The van der Waals surface area contributed by atoms with Gasteiger partial charge in [0.1, 0.15) is 0 Å². The Labute approximate surface area is 217 Å². The first-order valence-corrected chi connectivity index (χ1v) is 14.2. The van der Waals surface area contributed by atoms with E-state index in [1.54, 1.807) is 30.3 Å². The number of alkyl halides is 2. The lowest BCUT2D eigenvalue weighted by Crippen LogP contribution is -2.34. The average Bonchev–Trinajstić information content (AvgIpc) is 2.87. The van der Waals surface area contributed by atoms with Gasteiger partial charge >= 0.3 is 6.61 Å². The number of aliphatic imine (C=N–C) groups is 1. The molecule has 1 fully saturated rings. The number of hydrogen-bond donors (Lipinski definition) is 1. The molecular weight excluding hydrogens is 502 g/mol. The van der Waals surface area contributed by atoms with Gasteiger partial charge in [-0.25, -0.2) is 8.42 Å². The zero-order valence-corrected chi connectivity index (χ0v) is 22.2. The minimum Gasteiger partial charge on any atom is -0.493 e. The highest BCUT2D eigenvalue weighted by atomic mass is 32.2. The van der Waals surface area contributed by atoms with Gasteiger partial charge in [0, 0.05) is 30.1 Å². The van der Waals surface area contributed by atoms with Crippen LogP contribution in [0.1, 0.15) is 68.6 Å². The number of fused-ring (bicyclic) bond motifs is 3. The number of aliphatic hydroxyl groups is 1. The summed E-state index contributed by atoms with van der Waals surface area (Å²) in [5, 5.41) is 10.3. The summed E-state index contributed by atoms with van der Waals surface area (Å²) in [5.74, 6) is -0.00600. The van der Waals surface area contributed by atoms with Crippen molar-refractivity contribution in [3.05, 3.63) is 53.1 Å². The molecule has 37 heavy (non-hydrogen) atoms. The van der Waals surface area contributed by atoms with E-state index < -0.39 is 22.7 Å². The second-order valence-corrected chi connectivity index (χ2v) is 11.5. The van der Waals surface area contributed by atoms with Crippen LogP contribution in [0.25, 0.3) is 0 Å². The smallest absolute Gasteiger partial charge is 0.387 e. The van der Waals surface area contributed by atoms with Crippen molar-refractivity contribution in [1.82, 2.24) is 4.31 Å². The topological polar surface area (TPSA) is 88.4 Å². The fourth-order valence-corrected chi connectivity index (χ4v) is 6.93. The van der Waals surface area contributed by atoms with Crippen LogP contribution < -0.4 is 9.47 Å². The molecule has 0 radical (unpaired) electrons. The highest BCUT2D eigenvalue weighted by Gasteiger charge is 2.37. The van der Waals surface area contributed by atoms with Crippen LogP contribution in [0.2, 0.25) is 0 Å². The number of nitrogens with zero attached hydrogens (tertiary/aromatic N) is 2. The van der Waals surface area contributed by atoms with Gasteiger partial charge in [-0.05, 0) is 61.9 Å². The lowest BCUT2D eigenvalue weighted by molar-refractivity contribution is -0.0512. The molecule has 0 bridgehead atoms. The van der Waals surface area contributed by atoms with Gasteiger partial charge in [-0.15, -0.1) is 0 Å². The Hall–Kier alpha value is -2.56. The van der Waals surface area contributed by atoms with E-state index in [0.717, 1.165) is 5.56 Å². The van der Waals surface area contributed by atoms with Crippen LogP contribution in [0.4, 0.5) is 8.78 Å². The van der Waals surface area contributed by atoms with Gasteiger partial charge < -0.3 is 14.6 Å². The molecular formula is C27H34F2N2O5S. The van der Waals surface area contributed by atoms with Crippen LogP contribution in [-0.2, 0) is 10.0 Å². The predicted octanol–water partition coefficient (Wildman–Crippen LogP) is 4.96. The van der Waals surface area contributed by atoms with E-state index in [1.165, 1.54) is 17.5 Å². The number of methoxy groups -OCH3 is 1. The second-order valence-electron chi connectivity index (χ2n) is 9.52. The summed E-state index contributed by atoms with van der Waals surface area (Å²) >= 11 is 0. The molecule has 1 aliphatic heterocycles. The summed E-state index contributed by atoms with van der Waals surface area (Å²) in [4.78, 5) is 5.17. The van der Waals surface area contributed by atoms with Crippen LogP contribution in [0.5, 0.6) is 11.5 Å². The van der Waals surface area contributed by atoms with E-state index >= 15 is 0 Å². The highest BCUT2D eigenvalue weighted by molar-refractivity contribution is 7.89. The average molecular weight is 537 g/mol. The van der Waals surface area contributed by atoms with Crippen LogP contribution in [0, 0.1) is 0 Å². The summed E-state index contributed by atoms with van der Waals surface area (Å²) < 4.78 is 64.3. The zero-order chi connectivity index (χ0) is 26.7. The van der Waals surface area contributed by atoms with Gasteiger partial charge in [-0.3, -0.25) is 4.99 Å². The van der Waals surface area contributed by atoms with Crippen molar-refractivity contribution in [1.29, 1.82) is 0 Å². The van der Waals surface area contributed by atoms with Gasteiger partial charge in [0.25, 0.3) is 0 Å². The Balaban J connectivity index is 1.77. The first-order valence-electron chi connectivity index (χ1n) is 12.7. The largest absolute Gasteiger partial charge is 0.493 e. The molecule has 202 valence electrons. The number of rotatable bonds is 10. The minimum atomic E-state index is -3.64. The Bertz CT molecular complexity index is 1230. The molecule has 2 aliphatic rings. The van der Waals surface area contributed by atoms with Crippen LogP contribution in [-0.4, -0.2) is 62.5 Å². The van der Waals surface area contributed by atoms with Crippen LogP contribution in [0.15, 0.2) is 46.3 Å². The predicted molar refractivity (Wildman–Crippen MR) is 137 cm³/mol. The van der Waals surface area contributed by atoms with E-state index in [4.69, 9.17) is 14.5 Å². The minimum absolute atomic E-state index is 0.0895. The van der Waals surface area contributed by atoms with Gasteiger partial charge in [-0.1, -0.05) is 26.0 Å². The number of aliphatic hydroxyl groups excluding tert-OH is 1. The molecule has 7 nitrogen and oxygen atoms in total. The SMILES string of the molecule is CCCN(CCC)S(=O)(=O)c1ccc(C2=NC3CCC(O)CC3c3cc(OC)c(OC(F)F)cc32)cc1. The number of halogens is 2. The third-order valence-electron chi connectivity index (χ3n) is 7.00. The van der Waals surface area contributed by atoms with Gasteiger partial charge in [0.2, 0.25) is 10.0 Å². The molecule has 1 N–H and O–H groups in total. The molecule has 2 aromatic carbocycles. The number of benzene rings is 2. The summed E-state index contributed by atoms with van der Waals surface area (Å²) in [6, 6.07) is 9.67. The summed E-state index contributed by atoms with van der Waals surface area (Å²) in [6.07, 6.45) is 2.78. The van der Waals surface area contributed by atoms with Crippen molar-refractivity contribution in [2.24, 2.45) is 4.99 Å². The summed E-state index contributed by atoms with van der Waals surface area (Å²) in [7, 11) is -2.25. The monoisotopic (exact) mass is 536 g/mol. The Morgan fingerprint density at radius 1 is 1.08 bits per heavy atom. The molecule has 1 heterocycles. The Morgan fingerprint density at radius 2 is 1.76 bits per heavy atom. The lowest BCUT2D eigenvalue weighted by atomic mass is 9.74. The standard InChI is InChI=1S/C27H34F2N2O5S/c1-4-12-31(13-5-2)37(33,34)19-9-6-17(7-10-19)26-22-16-25(36-27(28)29)24(35-3)15-20(22)21-14-18(32)8-11-23(21)30-26/h6-7,9-10,15-16,18,21,23,27,32H,4-5,8,11-14H2,1-3H3. The fraction of sp³-hybridized carbons (Fsp3) is 0.519. The van der Waals surface area contributed by atoms with Gasteiger partial charge in [0.05, 0.1) is 29.9 Å². The highest BCUT2D eigenvalue weighted by Crippen LogP contribution is 2.45. The van der Waals surface area contributed by atoms with Crippen molar-refractivity contribution in [2.45, 2.75) is 75.5 Å². The molecule has 1 aliphatic carbocycles. The van der Waals surface area contributed by atoms with E-state index in [9.17, 15) is 22.3 Å². The third kappa shape index (κ3) is 5.66. The molecule has 0 spiro atoms. The third-order valence-corrected chi connectivity index (χ3v) is 8.91. The van der Waals surface area contributed by atoms with Crippen molar-refractivity contribution >= 4 is 15.7 Å². The van der Waals surface area contributed by atoms with E-state index in [2.05, 4.69) is 0 Å². The quantitative estimate of drug-likeness (QED) is 0.464. The normalized spacial score (nSPS) is 21.4. The van der Waals surface area contributed by atoms with Crippen LogP contribution >= 0.6 is 0 Å². The molecule has 2 aromatic rings. The Morgan fingerprint density at radius 3 is 2.35 bits per heavy atom. The molecule has 3 atom stereocenters. The Kier molecular flexibility index (Phi) is 8.50. The molecule has 0 amide bonds. The zero-order valence-electron chi connectivity index (χ0n) is 21.4. The first-order chi connectivity index (χ1) is 17.7. The molecule has 4 rings (SSSR count). The van der Waals surface area contributed by atoms with Crippen molar-refractivity contribution in [3.63, 3.8) is 0 Å². The second kappa shape index (κ2) is 11.4. The summed E-state index contributed by atoms with van der Waals surface area (Å²) in [6.45, 7) is 1.75. The number of hydrogen-bond acceptors (Lipinski definition) is 6. The molecule has 1 saturated carbocycles. The fourth-order valence-electron chi connectivity index (χ4n) is 5.31. The van der Waals surface area contributed by atoms with E-state index in [-0.39, 0.29) is 28.4 Å². The number of ether oxygens (including phenoxy) is 2. The maximum Gasteiger partial charge on any atom is 0.387 e. The van der Waals surface area contributed by atoms with Crippen molar-refractivity contribution in [3.8, 4) is 11.5 Å². The van der Waals surface area contributed by atoms with Crippen molar-refractivity contribution in [2.75, 3.05) is 20.2 Å². The molecule has 0 aromatic heterocycles. The molecule has 10 heteroatoms. The van der Waals surface area contributed by atoms with E-state index in [1.807, 2.05) is 13.8 Å². The number of sulfonamides is 1. The maximum absolute atomic E-state index is 13.2. The summed E-state index contributed by atoms with van der Waals surface area (Å²) in [5.41, 5.74) is 2.72. The lowest BCUT2D eigenvalue weighted by Gasteiger charge is -2.37. The molecule has 3 unspecified atom stereocenters.